The van der Waals surface area contributed by atoms with E-state index < -0.39 is 0 Å². The van der Waals surface area contributed by atoms with Crippen LogP contribution >= 0.6 is 23.1 Å². The van der Waals surface area contributed by atoms with Crippen LogP contribution in [0.4, 0.5) is 4.39 Å². The smallest absolute Gasteiger partial charge is 0.272 e. The molecule has 3 heterocycles. The minimum atomic E-state index is -0.330. The number of rotatable bonds is 5. The molecule has 1 aliphatic heterocycles. The zero-order valence-electron chi connectivity index (χ0n) is 16.4. The van der Waals surface area contributed by atoms with Crippen LogP contribution in [0.25, 0.3) is 5.69 Å². The van der Waals surface area contributed by atoms with Crippen LogP contribution in [-0.2, 0) is 0 Å². The van der Waals surface area contributed by atoms with Crippen LogP contribution in [0.3, 0.4) is 0 Å². The van der Waals surface area contributed by atoms with Crippen molar-refractivity contribution in [3.8, 4) is 5.69 Å². The van der Waals surface area contributed by atoms with Crippen LogP contribution in [0.5, 0.6) is 0 Å². The van der Waals surface area contributed by atoms with Crippen molar-refractivity contribution in [3.05, 3.63) is 64.4 Å². The summed E-state index contributed by atoms with van der Waals surface area (Å²) in [6, 6.07) is 7.87. The lowest BCUT2D eigenvalue weighted by Gasteiger charge is -2.32. The number of imidazole rings is 1. The number of carbonyl (C=O) groups excluding carboxylic acids is 2. The monoisotopic (exact) mass is 444 g/mol. The molecule has 0 bridgehead atoms. The predicted octanol–water partition coefficient (Wildman–Crippen LogP) is 3.83. The topological polar surface area (TPSA) is 67.2 Å². The van der Waals surface area contributed by atoms with Crippen LogP contribution in [0.1, 0.15) is 33.7 Å². The molecule has 3 aromatic rings. The highest BCUT2D eigenvalue weighted by Crippen LogP contribution is 2.24. The van der Waals surface area contributed by atoms with E-state index in [0.717, 1.165) is 0 Å². The standard InChI is InChI=1S/C21H21FN4O2S2/c1-29-21-23-12-18(26(21)17-4-2-15(22)3-5-17)20(28)25-9-6-16(7-10-25)24-19(27)14-8-11-30-13-14/h2-5,8,11-13,16H,6-7,9-10H2,1H3,(H,24,27). The van der Waals surface area contributed by atoms with Crippen LogP contribution in [0.2, 0.25) is 0 Å². The highest BCUT2D eigenvalue weighted by atomic mass is 32.2. The van der Waals surface area contributed by atoms with E-state index in [1.165, 1.54) is 35.2 Å². The van der Waals surface area contributed by atoms with E-state index in [9.17, 15) is 14.0 Å². The molecule has 0 atom stereocenters. The third kappa shape index (κ3) is 4.27. The number of hydrogen-bond donors (Lipinski definition) is 1. The summed E-state index contributed by atoms with van der Waals surface area (Å²) >= 11 is 2.92. The normalized spacial score (nSPS) is 14.7. The first-order valence-electron chi connectivity index (χ1n) is 9.57. The number of benzene rings is 1. The molecular weight excluding hydrogens is 423 g/mol. The van der Waals surface area contributed by atoms with E-state index in [-0.39, 0.29) is 23.7 Å². The number of thiophene rings is 1. The van der Waals surface area contributed by atoms with Crippen LogP contribution in [0, 0.1) is 5.82 Å². The Bertz CT molecular complexity index is 1030. The number of nitrogens with one attached hydrogen (secondary N) is 1. The van der Waals surface area contributed by atoms with Gasteiger partial charge in [-0.3, -0.25) is 14.2 Å². The summed E-state index contributed by atoms with van der Waals surface area (Å²) in [5.41, 5.74) is 1.82. The van der Waals surface area contributed by atoms with Crippen molar-refractivity contribution in [2.45, 2.75) is 24.0 Å². The second kappa shape index (κ2) is 9.01. The van der Waals surface area contributed by atoms with E-state index in [1.807, 2.05) is 17.0 Å². The number of piperidine rings is 1. The molecule has 2 amide bonds. The number of hydrogen-bond acceptors (Lipinski definition) is 5. The fourth-order valence-electron chi connectivity index (χ4n) is 3.52. The van der Waals surface area contributed by atoms with Crippen molar-refractivity contribution < 1.29 is 14.0 Å². The number of nitrogens with zero attached hydrogens (tertiary/aromatic N) is 3. The molecule has 156 valence electrons. The van der Waals surface area contributed by atoms with Gasteiger partial charge < -0.3 is 10.2 Å². The van der Waals surface area contributed by atoms with Gasteiger partial charge in [0.1, 0.15) is 11.5 Å². The second-order valence-corrected chi connectivity index (χ2v) is 8.55. The van der Waals surface area contributed by atoms with E-state index in [1.54, 1.807) is 33.9 Å². The highest BCUT2D eigenvalue weighted by molar-refractivity contribution is 7.98. The van der Waals surface area contributed by atoms with Gasteiger partial charge in [-0.2, -0.15) is 11.3 Å². The number of halogens is 1. The highest BCUT2D eigenvalue weighted by Gasteiger charge is 2.28. The summed E-state index contributed by atoms with van der Waals surface area (Å²) in [6.07, 6.45) is 4.85. The summed E-state index contributed by atoms with van der Waals surface area (Å²) in [7, 11) is 0. The molecule has 0 unspecified atom stereocenters. The fourth-order valence-corrected chi connectivity index (χ4v) is 4.70. The molecule has 0 saturated carbocycles. The molecule has 2 aromatic heterocycles. The first-order valence-corrected chi connectivity index (χ1v) is 11.7. The van der Waals surface area contributed by atoms with E-state index in [2.05, 4.69) is 10.3 Å². The van der Waals surface area contributed by atoms with Crippen molar-refractivity contribution in [2.75, 3.05) is 19.3 Å². The quantitative estimate of drug-likeness (QED) is 0.608. The summed E-state index contributed by atoms with van der Waals surface area (Å²) in [5, 5.41) is 7.42. The van der Waals surface area contributed by atoms with Gasteiger partial charge in [0.25, 0.3) is 11.8 Å². The van der Waals surface area contributed by atoms with Gasteiger partial charge in [0, 0.05) is 35.8 Å². The Morgan fingerprint density at radius 3 is 2.57 bits per heavy atom. The molecule has 4 rings (SSSR count). The Morgan fingerprint density at radius 2 is 1.93 bits per heavy atom. The van der Waals surface area contributed by atoms with Crippen molar-refractivity contribution in [3.63, 3.8) is 0 Å². The van der Waals surface area contributed by atoms with Gasteiger partial charge >= 0.3 is 0 Å². The molecule has 1 saturated heterocycles. The zero-order valence-corrected chi connectivity index (χ0v) is 18.0. The molecule has 9 heteroatoms. The Labute approximate surface area is 182 Å². The van der Waals surface area contributed by atoms with Gasteiger partial charge in [0.15, 0.2) is 5.16 Å². The van der Waals surface area contributed by atoms with Crippen molar-refractivity contribution in [1.29, 1.82) is 0 Å². The molecule has 0 radical (unpaired) electrons. The molecule has 1 N–H and O–H groups in total. The lowest BCUT2D eigenvalue weighted by atomic mass is 10.0. The van der Waals surface area contributed by atoms with Gasteiger partial charge in [-0.05, 0) is 54.8 Å². The maximum Gasteiger partial charge on any atom is 0.272 e. The number of thioether (sulfide) groups is 1. The first kappa shape index (κ1) is 20.6. The minimum absolute atomic E-state index is 0.0465. The molecule has 1 fully saturated rings. The number of carbonyl (C=O) groups is 2. The lowest BCUT2D eigenvalue weighted by molar-refractivity contribution is 0.0689. The summed E-state index contributed by atoms with van der Waals surface area (Å²) in [5.74, 6) is -0.515. The second-order valence-electron chi connectivity index (χ2n) is 6.99. The third-order valence-corrected chi connectivity index (χ3v) is 6.45. The van der Waals surface area contributed by atoms with E-state index in [4.69, 9.17) is 0 Å². The largest absolute Gasteiger partial charge is 0.349 e. The molecule has 1 aliphatic rings. The van der Waals surface area contributed by atoms with Gasteiger partial charge in [-0.25, -0.2) is 9.37 Å². The third-order valence-electron chi connectivity index (χ3n) is 5.12. The van der Waals surface area contributed by atoms with Crippen molar-refractivity contribution >= 4 is 34.9 Å². The minimum Gasteiger partial charge on any atom is -0.349 e. The molecule has 0 spiro atoms. The van der Waals surface area contributed by atoms with Crippen LogP contribution < -0.4 is 5.32 Å². The van der Waals surface area contributed by atoms with Gasteiger partial charge in [-0.15, -0.1) is 0 Å². The van der Waals surface area contributed by atoms with E-state index >= 15 is 0 Å². The first-order chi connectivity index (χ1) is 14.6. The molecule has 6 nitrogen and oxygen atoms in total. The summed E-state index contributed by atoms with van der Waals surface area (Å²) in [4.78, 5) is 31.6. The predicted molar refractivity (Wildman–Crippen MR) is 116 cm³/mol. The SMILES string of the molecule is CSc1ncc(C(=O)N2CCC(NC(=O)c3ccsc3)CC2)n1-c1ccc(F)cc1. The maximum atomic E-state index is 13.3. The molecule has 1 aromatic carbocycles. The summed E-state index contributed by atoms with van der Waals surface area (Å²) in [6.45, 7) is 1.10. The Balaban J connectivity index is 1.45. The molecule has 30 heavy (non-hydrogen) atoms. The Kier molecular flexibility index (Phi) is 6.19. The van der Waals surface area contributed by atoms with Gasteiger partial charge in [0.05, 0.1) is 6.20 Å². The fraction of sp³-hybridized carbons (Fsp3) is 0.286. The van der Waals surface area contributed by atoms with Crippen LogP contribution in [-0.4, -0.2) is 51.7 Å². The average molecular weight is 445 g/mol. The van der Waals surface area contributed by atoms with E-state index in [0.29, 0.717) is 48.0 Å². The van der Waals surface area contributed by atoms with Crippen molar-refractivity contribution in [2.24, 2.45) is 0 Å². The Morgan fingerprint density at radius 1 is 1.20 bits per heavy atom. The van der Waals surface area contributed by atoms with Gasteiger partial charge in [0.2, 0.25) is 0 Å². The molecular formula is C21H21FN4O2S2. The summed E-state index contributed by atoms with van der Waals surface area (Å²) < 4.78 is 15.1. The van der Waals surface area contributed by atoms with Crippen LogP contribution in [0.15, 0.2) is 52.4 Å². The maximum absolute atomic E-state index is 13.3. The zero-order chi connectivity index (χ0) is 21.1. The number of likely N-dealkylation sites (tertiary alicyclic amines) is 1. The number of aromatic nitrogens is 2. The molecule has 0 aliphatic carbocycles. The Hall–Kier alpha value is -2.65. The number of amides is 2. The van der Waals surface area contributed by atoms with Gasteiger partial charge in [-0.1, -0.05) is 11.8 Å². The average Bonchev–Trinajstić information content (AvgIpc) is 3.44. The van der Waals surface area contributed by atoms with Crippen molar-refractivity contribution in [1.82, 2.24) is 19.8 Å². The lowest BCUT2D eigenvalue weighted by Crippen LogP contribution is -2.46.